The zero-order valence-electron chi connectivity index (χ0n) is 11.2. The average Bonchev–Trinajstić information content (AvgIpc) is 2.35. The van der Waals surface area contributed by atoms with Gasteiger partial charge in [-0.15, -0.1) is 11.8 Å². The summed E-state index contributed by atoms with van der Waals surface area (Å²) in [4.78, 5) is 12.1. The maximum absolute atomic E-state index is 12.0. The number of nitrogens with one attached hydrogen (secondary N) is 2. The molecule has 1 amide bonds. The zero-order valence-corrected chi connectivity index (χ0v) is 12.8. The molecule has 0 heterocycles. The second-order valence-corrected chi connectivity index (χ2v) is 6.56. The van der Waals surface area contributed by atoms with Crippen LogP contribution in [0.15, 0.2) is 28.0 Å². The average molecular weight is 302 g/mol. The quantitative estimate of drug-likeness (QED) is 0.789. The molecule has 0 fully saturated rings. The van der Waals surface area contributed by atoms with Gasteiger partial charge in [-0.3, -0.25) is 4.79 Å². The molecule has 0 aliphatic rings. The molecular formula is C12H18N2O3S2. The topological polar surface area (TPSA) is 75.3 Å². The number of sulfonamides is 1. The Morgan fingerprint density at radius 2 is 2.05 bits per heavy atom. The summed E-state index contributed by atoms with van der Waals surface area (Å²) >= 11 is 1.44. The minimum absolute atomic E-state index is 0.155. The Morgan fingerprint density at radius 3 is 2.58 bits per heavy atom. The molecule has 0 aliphatic heterocycles. The van der Waals surface area contributed by atoms with Crippen molar-refractivity contribution >= 4 is 33.4 Å². The number of thioether (sulfide) groups is 1. The lowest BCUT2D eigenvalue weighted by Crippen LogP contribution is -2.24. The van der Waals surface area contributed by atoms with Crippen molar-refractivity contribution in [3.63, 3.8) is 0 Å². The van der Waals surface area contributed by atoms with E-state index >= 15 is 0 Å². The maximum atomic E-state index is 12.0. The van der Waals surface area contributed by atoms with Crippen LogP contribution in [0.25, 0.3) is 0 Å². The van der Waals surface area contributed by atoms with Crippen LogP contribution in [0.5, 0.6) is 0 Å². The molecule has 2 N–H and O–H groups in total. The third-order valence-corrected chi connectivity index (χ3v) is 4.59. The van der Waals surface area contributed by atoms with Crippen LogP contribution in [0.1, 0.15) is 20.3 Å². The van der Waals surface area contributed by atoms with Crippen molar-refractivity contribution in [3.05, 3.63) is 18.2 Å². The molecule has 0 unspecified atom stereocenters. The molecule has 1 aromatic rings. The molecule has 19 heavy (non-hydrogen) atoms. The minimum Gasteiger partial charge on any atom is -0.325 e. The van der Waals surface area contributed by atoms with E-state index in [-0.39, 0.29) is 10.8 Å². The Hall–Kier alpha value is -1.05. The van der Waals surface area contributed by atoms with Gasteiger partial charge in [-0.1, -0.05) is 6.92 Å². The van der Waals surface area contributed by atoms with E-state index in [1.165, 1.54) is 30.8 Å². The third-order valence-electron chi connectivity index (χ3n) is 2.33. The predicted molar refractivity (Wildman–Crippen MR) is 78.0 cm³/mol. The first kappa shape index (κ1) is 16.0. The second kappa shape index (κ2) is 6.93. The molecule has 0 atom stereocenters. The van der Waals surface area contributed by atoms with Crippen LogP contribution < -0.4 is 10.0 Å². The highest BCUT2D eigenvalue weighted by Gasteiger charge is 2.15. The Labute approximate surface area is 118 Å². The van der Waals surface area contributed by atoms with E-state index in [0.717, 1.165) is 11.3 Å². The first-order chi connectivity index (χ1) is 8.90. The van der Waals surface area contributed by atoms with Crippen LogP contribution in [0, 0.1) is 0 Å². The summed E-state index contributed by atoms with van der Waals surface area (Å²) in [6, 6.07) is 4.71. The molecule has 5 nitrogen and oxygen atoms in total. The number of carbonyl (C=O) groups excluding carboxylic acids is 1. The molecule has 0 spiro atoms. The number of carbonyl (C=O) groups is 1. The maximum Gasteiger partial charge on any atom is 0.240 e. The van der Waals surface area contributed by atoms with Crippen molar-refractivity contribution in [3.8, 4) is 0 Å². The summed E-state index contributed by atoms with van der Waals surface area (Å²) in [5, 5.41) is 2.64. The van der Waals surface area contributed by atoms with Gasteiger partial charge in [0, 0.05) is 18.4 Å². The number of rotatable bonds is 6. The summed E-state index contributed by atoms with van der Waals surface area (Å²) in [6.07, 6.45) is 2.59. The fraction of sp³-hybridized carbons (Fsp3) is 0.417. The molecular weight excluding hydrogens is 284 g/mol. The molecule has 0 saturated carbocycles. The van der Waals surface area contributed by atoms with Crippen LogP contribution in [0.4, 0.5) is 5.69 Å². The van der Waals surface area contributed by atoms with Gasteiger partial charge in [-0.2, -0.15) is 0 Å². The first-order valence-electron chi connectivity index (χ1n) is 5.86. The number of benzene rings is 1. The van der Waals surface area contributed by atoms with Gasteiger partial charge in [-0.25, -0.2) is 13.1 Å². The smallest absolute Gasteiger partial charge is 0.240 e. The van der Waals surface area contributed by atoms with E-state index in [9.17, 15) is 13.2 Å². The van der Waals surface area contributed by atoms with E-state index in [2.05, 4.69) is 10.0 Å². The van der Waals surface area contributed by atoms with Gasteiger partial charge in [0.1, 0.15) is 0 Å². The summed E-state index contributed by atoms with van der Waals surface area (Å²) in [6.45, 7) is 3.67. The van der Waals surface area contributed by atoms with Crippen molar-refractivity contribution in [2.45, 2.75) is 30.1 Å². The van der Waals surface area contributed by atoms with Crippen molar-refractivity contribution < 1.29 is 13.2 Å². The van der Waals surface area contributed by atoms with Gasteiger partial charge in [0.2, 0.25) is 15.9 Å². The molecule has 106 valence electrons. The van der Waals surface area contributed by atoms with Crippen molar-refractivity contribution in [1.29, 1.82) is 0 Å². The largest absolute Gasteiger partial charge is 0.325 e. The number of anilines is 1. The molecule has 0 bridgehead atoms. The molecule has 1 rings (SSSR count). The fourth-order valence-corrected chi connectivity index (χ4v) is 3.16. The lowest BCUT2D eigenvalue weighted by atomic mass is 10.3. The molecule has 1 aromatic carbocycles. The van der Waals surface area contributed by atoms with E-state index in [0.29, 0.717) is 12.2 Å². The monoisotopic (exact) mass is 302 g/mol. The van der Waals surface area contributed by atoms with Crippen LogP contribution in [-0.2, 0) is 14.8 Å². The van der Waals surface area contributed by atoms with Gasteiger partial charge in [0.15, 0.2) is 0 Å². The van der Waals surface area contributed by atoms with Crippen LogP contribution in [0.2, 0.25) is 0 Å². The van der Waals surface area contributed by atoms with Crippen molar-refractivity contribution in [1.82, 2.24) is 4.72 Å². The Bertz CT molecular complexity index is 556. The third kappa shape index (κ3) is 4.52. The molecule has 0 aliphatic carbocycles. The summed E-state index contributed by atoms with van der Waals surface area (Å²) in [7, 11) is -3.52. The highest BCUT2D eigenvalue weighted by molar-refractivity contribution is 7.98. The van der Waals surface area contributed by atoms with Crippen LogP contribution >= 0.6 is 11.8 Å². The normalized spacial score (nSPS) is 11.3. The SMILES string of the molecule is CCCNS(=O)(=O)c1ccc(SC)c(NC(C)=O)c1. The molecule has 0 radical (unpaired) electrons. The zero-order chi connectivity index (χ0) is 14.5. The van der Waals surface area contributed by atoms with E-state index in [4.69, 9.17) is 0 Å². The van der Waals surface area contributed by atoms with E-state index < -0.39 is 10.0 Å². The summed E-state index contributed by atoms with van der Waals surface area (Å²) in [5.41, 5.74) is 0.513. The molecule has 0 aromatic heterocycles. The number of hydrogen-bond donors (Lipinski definition) is 2. The van der Waals surface area contributed by atoms with E-state index in [1.807, 2.05) is 13.2 Å². The molecule has 7 heteroatoms. The minimum atomic E-state index is -3.52. The van der Waals surface area contributed by atoms with Crippen LogP contribution in [0.3, 0.4) is 0 Å². The standard InChI is InChI=1S/C12H18N2O3S2/c1-4-7-13-19(16,17)10-5-6-12(18-3)11(8-10)14-9(2)15/h5-6,8,13H,4,7H2,1-3H3,(H,14,15). The van der Waals surface area contributed by atoms with Gasteiger partial charge in [0.25, 0.3) is 0 Å². The van der Waals surface area contributed by atoms with Gasteiger partial charge < -0.3 is 5.32 Å². The number of amides is 1. The van der Waals surface area contributed by atoms with Crippen molar-refractivity contribution in [2.24, 2.45) is 0 Å². The Kier molecular flexibility index (Phi) is 5.84. The Morgan fingerprint density at radius 1 is 1.37 bits per heavy atom. The highest BCUT2D eigenvalue weighted by atomic mass is 32.2. The van der Waals surface area contributed by atoms with Gasteiger partial charge in [0.05, 0.1) is 10.6 Å². The van der Waals surface area contributed by atoms with E-state index in [1.54, 1.807) is 6.07 Å². The predicted octanol–water partition coefficient (Wildman–Crippen LogP) is 2.06. The lowest BCUT2D eigenvalue weighted by Gasteiger charge is -2.11. The van der Waals surface area contributed by atoms with Crippen LogP contribution in [-0.4, -0.2) is 27.1 Å². The van der Waals surface area contributed by atoms with Crippen molar-refractivity contribution in [2.75, 3.05) is 18.1 Å². The molecule has 0 saturated heterocycles. The summed E-state index contributed by atoms with van der Waals surface area (Å²) < 4.78 is 26.5. The highest BCUT2D eigenvalue weighted by Crippen LogP contribution is 2.28. The second-order valence-electron chi connectivity index (χ2n) is 3.94. The first-order valence-corrected chi connectivity index (χ1v) is 8.56. The fourth-order valence-electron chi connectivity index (χ4n) is 1.46. The summed E-state index contributed by atoms with van der Waals surface area (Å²) in [5.74, 6) is -0.230. The Balaban J connectivity index is 3.13. The lowest BCUT2D eigenvalue weighted by molar-refractivity contribution is -0.114. The van der Waals surface area contributed by atoms with Gasteiger partial charge in [-0.05, 0) is 30.9 Å². The number of hydrogen-bond acceptors (Lipinski definition) is 4. The van der Waals surface area contributed by atoms with Gasteiger partial charge >= 0.3 is 0 Å².